The first kappa shape index (κ1) is 16.3. The summed E-state index contributed by atoms with van der Waals surface area (Å²) in [7, 11) is 0. The van der Waals surface area contributed by atoms with Crippen LogP contribution < -0.4 is 0 Å². The SMILES string of the molecule is C.C=Cc1ccc(-n2cc(C#N)c(-c3cccc(C)c3)c2)cc1. The minimum Gasteiger partial charge on any atom is -0.322 e. The van der Waals surface area contributed by atoms with Gasteiger partial charge < -0.3 is 4.57 Å². The van der Waals surface area contributed by atoms with E-state index in [0.717, 1.165) is 22.4 Å². The molecule has 2 heteroatoms. The molecule has 0 spiro atoms. The van der Waals surface area contributed by atoms with Gasteiger partial charge in [0.25, 0.3) is 0 Å². The van der Waals surface area contributed by atoms with Gasteiger partial charge in [0.05, 0.1) is 5.56 Å². The van der Waals surface area contributed by atoms with Crippen LogP contribution in [0.3, 0.4) is 0 Å². The van der Waals surface area contributed by atoms with Crippen LogP contribution in [0.4, 0.5) is 0 Å². The van der Waals surface area contributed by atoms with Gasteiger partial charge >= 0.3 is 0 Å². The van der Waals surface area contributed by atoms with Crippen molar-refractivity contribution in [2.75, 3.05) is 0 Å². The quantitative estimate of drug-likeness (QED) is 0.618. The number of hydrogen-bond acceptors (Lipinski definition) is 1. The topological polar surface area (TPSA) is 28.7 Å². The summed E-state index contributed by atoms with van der Waals surface area (Å²) >= 11 is 0. The Kier molecular flexibility index (Phi) is 4.83. The van der Waals surface area contributed by atoms with Gasteiger partial charge in [-0.2, -0.15) is 5.26 Å². The molecule has 0 saturated carbocycles. The lowest BCUT2D eigenvalue weighted by Crippen LogP contribution is -1.89. The molecule has 1 aromatic heterocycles. The zero-order chi connectivity index (χ0) is 15.5. The minimum absolute atomic E-state index is 0. The Morgan fingerprint density at radius 2 is 1.83 bits per heavy atom. The fourth-order valence-corrected chi connectivity index (χ4v) is 2.52. The molecule has 1 heterocycles. The molecular weight excluding hydrogens is 280 g/mol. The lowest BCUT2D eigenvalue weighted by Gasteiger charge is -2.03. The Labute approximate surface area is 137 Å². The van der Waals surface area contributed by atoms with Gasteiger partial charge in [0, 0.05) is 23.6 Å². The first-order valence-corrected chi connectivity index (χ1v) is 7.13. The molecule has 2 nitrogen and oxygen atoms in total. The Morgan fingerprint density at radius 1 is 1.09 bits per heavy atom. The Balaban J connectivity index is 0.00000192. The van der Waals surface area contributed by atoms with Crippen LogP contribution in [-0.2, 0) is 0 Å². The van der Waals surface area contributed by atoms with E-state index in [1.807, 2.05) is 59.4 Å². The van der Waals surface area contributed by atoms with E-state index >= 15 is 0 Å². The zero-order valence-electron chi connectivity index (χ0n) is 12.5. The van der Waals surface area contributed by atoms with Gasteiger partial charge in [0.15, 0.2) is 0 Å². The molecule has 114 valence electrons. The van der Waals surface area contributed by atoms with Crippen LogP contribution in [0.1, 0.15) is 24.1 Å². The molecule has 2 aromatic carbocycles. The second kappa shape index (κ2) is 6.81. The summed E-state index contributed by atoms with van der Waals surface area (Å²) in [4.78, 5) is 0. The van der Waals surface area contributed by atoms with Crippen molar-refractivity contribution in [3.8, 4) is 22.9 Å². The van der Waals surface area contributed by atoms with Crippen molar-refractivity contribution in [1.29, 1.82) is 5.26 Å². The Hall–Kier alpha value is -3.05. The largest absolute Gasteiger partial charge is 0.322 e. The molecular formula is C21H20N2. The average Bonchev–Trinajstić information content (AvgIpc) is 2.99. The van der Waals surface area contributed by atoms with E-state index in [4.69, 9.17) is 0 Å². The van der Waals surface area contributed by atoms with E-state index in [1.165, 1.54) is 5.56 Å². The van der Waals surface area contributed by atoms with Crippen molar-refractivity contribution in [3.63, 3.8) is 0 Å². The molecule has 0 saturated heterocycles. The Bertz CT molecular complexity index is 862. The van der Waals surface area contributed by atoms with Gasteiger partial charge in [-0.15, -0.1) is 0 Å². The van der Waals surface area contributed by atoms with Crippen LogP contribution in [-0.4, -0.2) is 4.57 Å². The molecule has 23 heavy (non-hydrogen) atoms. The zero-order valence-corrected chi connectivity index (χ0v) is 12.5. The number of aromatic nitrogens is 1. The first-order chi connectivity index (χ1) is 10.7. The summed E-state index contributed by atoms with van der Waals surface area (Å²) in [5, 5.41) is 9.41. The summed E-state index contributed by atoms with van der Waals surface area (Å²) in [5.41, 5.74) is 6.00. The summed E-state index contributed by atoms with van der Waals surface area (Å²) in [6.45, 7) is 5.82. The fraction of sp³-hybridized carbons (Fsp3) is 0.0952. The molecule has 0 unspecified atom stereocenters. The van der Waals surface area contributed by atoms with E-state index in [9.17, 15) is 5.26 Å². The molecule has 0 fully saturated rings. The van der Waals surface area contributed by atoms with Crippen LogP contribution in [0.5, 0.6) is 0 Å². The van der Waals surface area contributed by atoms with Gasteiger partial charge in [0.1, 0.15) is 6.07 Å². The number of nitrogens with zero attached hydrogens (tertiary/aromatic N) is 2. The molecule has 0 atom stereocenters. The lowest BCUT2D eigenvalue weighted by atomic mass is 10.0. The van der Waals surface area contributed by atoms with E-state index in [0.29, 0.717) is 5.56 Å². The highest BCUT2D eigenvalue weighted by molar-refractivity contribution is 5.71. The number of benzene rings is 2. The highest BCUT2D eigenvalue weighted by Gasteiger charge is 2.10. The van der Waals surface area contributed by atoms with Crippen LogP contribution in [0.2, 0.25) is 0 Å². The van der Waals surface area contributed by atoms with Gasteiger partial charge in [-0.25, -0.2) is 0 Å². The number of aryl methyl sites for hydroxylation is 1. The molecule has 0 amide bonds. The third-order valence-corrected chi connectivity index (χ3v) is 3.70. The maximum atomic E-state index is 9.41. The van der Waals surface area contributed by atoms with Crippen molar-refractivity contribution in [2.45, 2.75) is 14.4 Å². The Morgan fingerprint density at radius 3 is 2.43 bits per heavy atom. The summed E-state index contributed by atoms with van der Waals surface area (Å²) in [6, 6.07) is 18.6. The standard InChI is InChI=1S/C20H16N2.CH4/c1-3-16-7-9-19(10-8-16)22-13-18(12-21)20(14-22)17-6-4-5-15(2)11-17;/h3-11,13-14H,1H2,2H3;1H4. The second-order valence-corrected chi connectivity index (χ2v) is 5.27. The highest BCUT2D eigenvalue weighted by Crippen LogP contribution is 2.27. The number of nitriles is 1. The number of rotatable bonds is 3. The third kappa shape index (κ3) is 3.25. The predicted molar refractivity (Wildman–Crippen MR) is 97.5 cm³/mol. The summed E-state index contributed by atoms with van der Waals surface area (Å²) in [5.74, 6) is 0. The molecule has 0 bridgehead atoms. The summed E-state index contributed by atoms with van der Waals surface area (Å²) < 4.78 is 1.99. The molecule has 3 aromatic rings. The third-order valence-electron chi connectivity index (χ3n) is 3.70. The molecule has 3 rings (SSSR count). The maximum Gasteiger partial charge on any atom is 0.101 e. The fourth-order valence-electron chi connectivity index (χ4n) is 2.52. The van der Waals surface area contributed by atoms with Crippen LogP contribution >= 0.6 is 0 Å². The maximum absolute atomic E-state index is 9.41. The molecule has 0 aliphatic heterocycles. The smallest absolute Gasteiger partial charge is 0.101 e. The normalized spacial score (nSPS) is 9.74. The highest BCUT2D eigenvalue weighted by atomic mass is 14.9. The van der Waals surface area contributed by atoms with Gasteiger partial charge in [-0.3, -0.25) is 0 Å². The van der Waals surface area contributed by atoms with Crippen molar-refractivity contribution in [2.24, 2.45) is 0 Å². The molecule has 0 N–H and O–H groups in total. The predicted octanol–water partition coefficient (Wildman–Crippen LogP) is 5.60. The van der Waals surface area contributed by atoms with E-state index in [1.54, 1.807) is 0 Å². The van der Waals surface area contributed by atoms with E-state index in [2.05, 4.69) is 31.7 Å². The second-order valence-electron chi connectivity index (χ2n) is 5.27. The van der Waals surface area contributed by atoms with Crippen molar-refractivity contribution in [1.82, 2.24) is 4.57 Å². The molecule has 0 aliphatic rings. The van der Waals surface area contributed by atoms with Gasteiger partial charge in [0.2, 0.25) is 0 Å². The van der Waals surface area contributed by atoms with Crippen LogP contribution in [0.15, 0.2) is 67.5 Å². The van der Waals surface area contributed by atoms with Crippen molar-refractivity contribution >= 4 is 6.08 Å². The monoisotopic (exact) mass is 300 g/mol. The van der Waals surface area contributed by atoms with Crippen molar-refractivity contribution < 1.29 is 0 Å². The van der Waals surface area contributed by atoms with Gasteiger partial charge in [-0.05, 0) is 30.2 Å². The average molecular weight is 300 g/mol. The lowest BCUT2D eigenvalue weighted by molar-refractivity contribution is 1.08. The van der Waals surface area contributed by atoms with E-state index in [-0.39, 0.29) is 7.43 Å². The van der Waals surface area contributed by atoms with Crippen LogP contribution in [0, 0.1) is 18.3 Å². The molecule has 0 aliphatic carbocycles. The first-order valence-electron chi connectivity index (χ1n) is 7.13. The summed E-state index contributed by atoms with van der Waals surface area (Å²) in [6.07, 6.45) is 5.70. The van der Waals surface area contributed by atoms with Crippen molar-refractivity contribution in [3.05, 3.63) is 84.2 Å². The van der Waals surface area contributed by atoms with Crippen LogP contribution in [0.25, 0.3) is 22.9 Å². The van der Waals surface area contributed by atoms with Gasteiger partial charge in [-0.1, -0.05) is 62.0 Å². The number of hydrogen-bond donors (Lipinski definition) is 0. The van der Waals surface area contributed by atoms with E-state index < -0.39 is 0 Å². The molecule has 0 radical (unpaired) electrons. The minimum atomic E-state index is 0.